The van der Waals surface area contributed by atoms with E-state index < -0.39 is 0 Å². The van der Waals surface area contributed by atoms with E-state index in [1.807, 2.05) is 24.3 Å². The quantitative estimate of drug-likeness (QED) is 0.0927. The Morgan fingerprint density at radius 2 is 0.926 bits per heavy atom. The molecule has 0 spiro atoms. The maximum atomic E-state index is 12.4. The van der Waals surface area contributed by atoms with Gasteiger partial charge < -0.3 is 18.9 Å². The second-order valence-corrected chi connectivity index (χ2v) is 13.3. The molecule has 0 radical (unpaired) electrons. The van der Waals surface area contributed by atoms with Crippen molar-refractivity contribution in [1.82, 2.24) is 0 Å². The zero-order valence-electron chi connectivity index (χ0n) is 31.0. The van der Waals surface area contributed by atoms with Crippen LogP contribution in [0.25, 0.3) is 55.2 Å². The lowest BCUT2D eigenvalue weighted by Gasteiger charge is -2.14. The van der Waals surface area contributed by atoms with Gasteiger partial charge in [0.05, 0.1) is 39.6 Å². The summed E-state index contributed by atoms with van der Waals surface area (Å²) in [7, 11) is 6.25. The number of carbonyl (C=O) groups is 2. The van der Waals surface area contributed by atoms with E-state index >= 15 is 0 Å². The molecule has 0 bridgehead atoms. The van der Waals surface area contributed by atoms with Crippen LogP contribution in [-0.2, 0) is 22.3 Å². The molecule has 0 atom stereocenters. The van der Waals surface area contributed by atoms with Crippen molar-refractivity contribution in [2.24, 2.45) is 0 Å². The average Bonchev–Trinajstić information content (AvgIpc) is 3.21. The van der Waals surface area contributed by atoms with Gasteiger partial charge in [-0.2, -0.15) is 0 Å². The number of ether oxygens (including phenoxy) is 4. The highest BCUT2D eigenvalue weighted by atomic mass is 16.5. The minimum Gasteiger partial charge on any atom is -0.496 e. The van der Waals surface area contributed by atoms with E-state index in [4.69, 9.17) is 18.9 Å². The summed E-state index contributed by atoms with van der Waals surface area (Å²) in [5.74, 6) is 1.04. The highest BCUT2D eigenvalue weighted by molar-refractivity contribution is 6.10. The minimum atomic E-state index is -0.335. The zero-order valence-corrected chi connectivity index (χ0v) is 31.0. The number of hydrogen-bond donors (Lipinski definition) is 0. The van der Waals surface area contributed by atoms with Crippen LogP contribution in [0.4, 0.5) is 0 Å². The van der Waals surface area contributed by atoms with Crippen LogP contribution in [0, 0.1) is 0 Å². The van der Waals surface area contributed by atoms with Gasteiger partial charge in [-0.25, -0.2) is 9.59 Å². The van der Waals surface area contributed by atoms with Gasteiger partial charge >= 0.3 is 11.9 Å². The van der Waals surface area contributed by atoms with Gasteiger partial charge in [0.1, 0.15) is 11.5 Å². The van der Waals surface area contributed by atoms with E-state index in [9.17, 15) is 9.59 Å². The molecule has 270 valence electrons. The molecule has 0 aliphatic rings. The molecule has 0 aromatic heterocycles. The Kier molecular flexibility index (Phi) is 10.7. The van der Waals surface area contributed by atoms with Crippen molar-refractivity contribution in [3.8, 4) is 11.5 Å². The zero-order chi connectivity index (χ0) is 37.6. The third kappa shape index (κ3) is 7.55. The van der Waals surface area contributed by atoms with Gasteiger partial charge in [-0.05, 0) is 152 Å². The van der Waals surface area contributed by atoms with Crippen molar-refractivity contribution in [2.45, 2.75) is 25.7 Å². The minimum absolute atomic E-state index is 0.335. The van der Waals surface area contributed by atoms with Crippen molar-refractivity contribution in [2.75, 3.05) is 28.4 Å². The number of hydrogen-bond acceptors (Lipinski definition) is 6. The van der Waals surface area contributed by atoms with Crippen molar-refractivity contribution in [3.05, 3.63) is 155 Å². The number of allylic oxidation sites excluding steroid dienone is 2. The summed E-state index contributed by atoms with van der Waals surface area (Å²) in [6.45, 7) is 0. The van der Waals surface area contributed by atoms with Gasteiger partial charge in [0.15, 0.2) is 0 Å². The molecule has 54 heavy (non-hydrogen) atoms. The molecule has 6 heteroatoms. The first-order chi connectivity index (χ1) is 26.4. The van der Waals surface area contributed by atoms with Crippen LogP contribution in [0.15, 0.2) is 121 Å². The number of methoxy groups -OCH3 is 4. The molecular weight excluding hydrogens is 673 g/mol. The van der Waals surface area contributed by atoms with Gasteiger partial charge in [-0.1, -0.05) is 72.8 Å². The van der Waals surface area contributed by atoms with E-state index in [-0.39, 0.29) is 11.9 Å². The molecule has 0 N–H and O–H groups in total. The lowest BCUT2D eigenvalue weighted by atomic mass is 9.98. The first-order valence-corrected chi connectivity index (χ1v) is 18.1. The van der Waals surface area contributed by atoms with Crippen LogP contribution < -0.4 is 9.47 Å². The Morgan fingerprint density at radius 1 is 0.481 bits per heavy atom. The predicted octanol–water partition coefficient (Wildman–Crippen LogP) is 11.2. The molecule has 0 aliphatic heterocycles. The third-order valence-electron chi connectivity index (χ3n) is 10.00. The summed E-state index contributed by atoms with van der Waals surface area (Å²) in [5.41, 5.74) is 5.51. The maximum absolute atomic E-state index is 12.4. The predicted molar refractivity (Wildman–Crippen MR) is 220 cm³/mol. The van der Waals surface area contributed by atoms with E-state index in [1.165, 1.54) is 14.2 Å². The first-order valence-electron chi connectivity index (χ1n) is 18.1. The van der Waals surface area contributed by atoms with E-state index in [0.29, 0.717) is 11.1 Å². The van der Waals surface area contributed by atoms with E-state index in [1.54, 1.807) is 26.4 Å². The van der Waals surface area contributed by atoms with Crippen molar-refractivity contribution < 1.29 is 28.5 Å². The second kappa shape index (κ2) is 16.1. The van der Waals surface area contributed by atoms with E-state index in [0.717, 1.165) is 103 Å². The number of fused-ring (bicyclic) bond motifs is 4. The Balaban J connectivity index is 1.01. The van der Waals surface area contributed by atoms with Crippen LogP contribution in [0.5, 0.6) is 11.5 Å². The topological polar surface area (TPSA) is 71.1 Å². The standard InChI is InChI=1S/C48H42O6/c1-51-45-29-38(14-8-6-12-32-20-22-34-26-36-16-10-18-42(48(50)54-4)44(36)28-40(34)24-32)46(52-2)30-37(45)13-7-5-11-31-19-21-33-25-35-15-9-17-41(47(49)53-3)43(35)27-39(33)23-31/h5-6,9-12,15-30H,7-8,13-14H2,1-4H3/b11-5+,12-6+. The van der Waals surface area contributed by atoms with Crippen LogP contribution in [-0.4, -0.2) is 40.4 Å². The number of benzene rings is 7. The Labute approximate surface area is 315 Å². The van der Waals surface area contributed by atoms with Gasteiger partial charge in [0.2, 0.25) is 0 Å². The highest BCUT2D eigenvalue weighted by Crippen LogP contribution is 2.32. The molecule has 7 aromatic rings. The molecule has 0 heterocycles. The fourth-order valence-corrected chi connectivity index (χ4v) is 7.20. The van der Waals surface area contributed by atoms with Gasteiger partial charge in [-0.15, -0.1) is 0 Å². The fraction of sp³-hybridized carbons (Fsp3) is 0.167. The average molecular weight is 715 g/mol. The van der Waals surface area contributed by atoms with Crippen molar-refractivity contribution >= 4 is 67.2 Å². The van der Waals surface area contributed by atoms with Crippen LogP contribution in [0.2, 0.25) is 0 Å². The molecule has 7 aromatic carbocycles. The summed E-state index contributed by atoms with van der Waals surface area (Å²) in [5, 5.41) is 8.16. The van der Waals surface area contributed by atoms with Crippen molar-refractivity contribution in [1.29, 1.82) is 0 Å². The normalized spacial score (nSPS) is 11.6. The lowest BCUT2D eigenvalue weighted by molar-refractivity contribution is 0.0594. The highest BCUT2D eigenvalue weighted by Gasteiger charge is 2.13. The molecular formula is C48H42O6. The van der Waals surface area contributed by atoms with Crippen molar-refractivity contribution in [3.63, 3.8) is 0 Å². The molecule has 0 amide bonds. The largest absolute Gasteiger partial charge is 0.496 e. The lowest BCUT2D eigenvalue weighted by Crippen LogP contribution is -2.01. The van der Waals surface area contributed by atoms with Gasteiger partial charge in [-0.3, -0.25) is 0 Å². The van der Waals surface area contributed by atoms with Gasteiger partial charge in [0, 0.05) is 0 Å². The molecule has 7 rings (SSSR count). The molecule has 6 nitrogen and oxygen atoms in total. The molecule has 0 unspecified atom stereocenters. The SMILES string of the molecule is COC(=O)c1cccc2cc3ccc(/C=C/CCc4cc(OC)c(CC/C=C/c5ccc6cc7cccc(C(=O)OC)c7cc6c5)cc4OC)cc3cc12. The fourth-order valence-electron chi connectivity index (χ4n) is 7.20. The third-order valence-corrected chi connectivity index (χ3v) is 10.00. The summed E-state index contributed by atoms with van der Waals surface area (Å²) in [4.78, 5) is 24.7. The summed E-state index contributed by atoms with van der Waals surface area (Å²) < 4.78 is 21.7. The summed E-state index contributed by atoms with van der Waals surface area (Å²) in [6, 6.07) is 36.7. The maximum Gasteiger partial charge on any atom is 0.338 e. The Bertz CT molecular complexity index is 2420. The first kappa shape index (κ1) is 36.0. The number of carbonyl (C=O) groups excluding carboxylic acids is 2. The van der Waals surface area contributed by atoms with Crippen LogP contribution in [0.3, 0.4) is 0 Å². The van der Waals surface area contributed by atoms with Crippen LogP contribution in [0.1, 0.15) is 55.8 Å². The van der Waals surface area contributed by atoms with Gasteiger partial charge in [0.25, 0.3) is 0 Å². The number of aryl methyl sites for hydroxylation is 2. The van der Waals surface area contributed by atoms with E-state index in [2.05, 4.69) is 97.1 Å². The number of rotatable bonds is 12. The smallest absolute Gasteiger partial charge is 0.338 e. The second-order valence-electron chi connectivity index (χ2n) is 13.3. The van der Waals surface area contributed by atoms with Crippen LogP contribution >= 0.6 is 0 Å². The number of esters is 2. The molecule has 0 saturated carbocycles. The Morgan fingerprint density at radius 3 is 1.33 bits per heavy atom. The summed E-state index contributed by atoms with van der Waals surface area (Å²) >= 11 is 0. The molecule has 0 saturated heterocycles. The molecule has 0 aliphatic carbocycles. The summed E-state index contributed by atoms with van der Waals surface area (Å²) in [6.07, 6.45) is 11.9. The molecule has 0 fully saturated rings. The Hall–Kier alpha value is -6.40. The monoisotopic (exact) mass is 714 g/mol.